The van der Waals surface area contributed by atoms with Crippen molar-refractivity contribution < 1.29 is 13.2 Å². The van der Waals surface area contributed by atoms with Crippen molar-refractivity contribution in [3.05, 3.63) is 42.0 Å². The molecule has 0 aliphatic rings. The van der Waals surface area contributed by atoms with Crippen LogP contribution in [0.4, 0.5) is 13.2 Å². The minimum atomic E-state index is -4.28. The van der Waals surface area contributed by atoms with Gasteiger partial charge in [0.1, 0.15) is 0 Å². The highest BCUT2D eigenvalue weighted by Gasteiger charge is 2.29. The molecule has 63 valence electrons. The van der Waals surface area contributed by atoms with E-state index >= 15 is 0 Å². The molecule has 0 atom stereocenters. The average Bonchev–Trinajstić information content (AvgIpc) is 2.03. The van der Waals surface area contributed by atoms with Crippen LogP contribution in [0.3, 0.4) is 0 Å². The second kappa shape index (κ2) is 3.01. The lowest BCUT2D eigenvalue weighted by Crippen LogP contribution is -2.04. The van der Waals surface area contributed by atoms with E-state index in [0.717, 1.165) is 12.1 Å². The maximum atomic E-state index is 12.0. The van der Waals surface area contributed by atoms with Gasteiger partial charge in [-0.1, -0.05) is 18.7 Å². The predicted octanol–water partition coefficient (Wildman–Crippen LogP) is 3.15. The van der Waals surface area contributed by atoms with Gasteiger partial charge in [0.25, 0.3) is 0 Å². The van der Waals surface area contributed by atoms with Crippen molar-refractivity contribution in [1.82, 2.24) is 0 Å². The molecule has 1 rings (SSSR count). The van der Waals surface area contributed by atoms with E-state index in [2.05, 4.69) is 12.6 Å². The van der Waals surface area contributed by atoms with Gasteiger partial charge in [0.15, 0.2) is 0 Å². The van der Waals surface area contributed by atoms with Crippen LogP contribution in [0.5, 0.6) is 0 Å². The van der Waals surface area contributed by atoms with Crippen molar-refractivity contribution in [2.45, 2.75) is 6.18 Å². The van der Waals surface area contributed by atoms with Crippen LogP contribution < -0.4 is 0 Å². The number of hydrogen-bond donors (Lipinski definition) is 0. The smallest absolute Gasteiger partial charge is 0.166 e. The van der Waals surface area contributed by atoms with E-state index in [1.54, 1.807) is 0 Å². The summed E-state index contributed by atoms with van der Waals surface area (Å²) in [6.07, 6.45) is -2.84. The second-order valence-corrected chi connectivity index (χ2v) is 2.23. The Bertz CT molecular complexity index is 269. The molecular weight excluding hydrogens is 165 g/mol. The van der Waals surface area contributed by atoms with Crippen molar-refractivity contribution in [3.63, 3.8) is 0 Å². The van der Waals surface area contributed by atoms with Crippen molar-refractivity contribution in [2.24, 2.45) is 0 Å². The van der Waals surface area contributed by atoms with Crippen molar-refractivity contribution >= 4 is 6.08 Å². The quantitative estimate of drug-likeness (QED) is 0.608. The summed E-state index contributed by atoms with van der Waals surface area (Å²) in [7, 11) is 0. The molecule has 1 aromatic rings. The third-order valence-corrected chi connectivity index (χ3v) is 1.38. The van der Waals surface area contributed by atoms with Crippen LogP contribution in [0.15, 0.2) is 24.8 Å². The van der Waals surface area contributed by atoms with E-state index < -0.39 is 11.7 Å². The van der Waals surface area contributed by atoms with Crippen molar-refractivity contribution in [3.8, 4) is 0 Å². The molecule has 12 heavy (non-hydrogen) atoms. The highest BCUT2D eigenvalue weighted by Crippen LogP contribution is 2.28. The largest absolute Gasteiger partial charge is 0.416 e. The Morgan fingerprint density at radius 3 is 2.33 bits per heavy atom. The van der Waals surface area contributed by atoms with Gasteiger partial charge < -0.3 is 0 Å². The summed E-state index contributed by atoms with van der Waals surface area (Å²) in [6, 6.07) is 5.71. The van der Waals surface area contributed by atoms with Crippen LogP contribution in [0, 0.1) is 6.07 Å². The fourth-order valence-corrected chi connectivity index (χ4v) is 0.740. The molecule has 1 aromatic carbocycles. The van der Waals surface area contributed by atoms with E-state index in [1.807, 2.05) is 0 Å². The molecule has 0 aliphatic heterocycles. The molecule has 0 saturated heterocycles. The SMILES string of the molecule is C=Cc1[c]cc(C(F)(F)F)cc1. The Labute approximate surface area is 68.3 Å². The standard InChI is InChI=1S/C9H6F3/c1-2-7-3-5-8(6-4-7)9(10,11)12/h2-3,5-6H,1H2. The average molecular weight is 171 g/mol. The maximum Gasteiger partial charge on any atom is 0.416 e. The maximum absolute atomic E-state index is 12.0. The molecule has 0 N–H and O–H groups in total. The summed E-state index contributed by atoms with van der Waals surface area (Å²) in [5.74, 6) is 0. The number of benzene rings is 1. The van der Waals surface area contributed by atoms with E-state index in [-0.39, 0.29) is 0 Å². The molecule has 0 fully saturated rings. The van der Waals surface area contributed by atoms with Gasteiger partial charge in [0.05, 0.1) is 5.56 Å². The topological polar surface area (TPSA) is 0 Å². The Morgan fingerprint density at radius 2 is 2.00 bits per heavy atom. The molecule has 0 spiro atoms. The van der Waals surface area contributed by atoms with Crippen LogP contribution in [0.1, 0.15) is 11.1 Å². The van der Waals surface area contributed by atoms with E-state index in [4.69, 9.17) is 0 Å². The lowest BCUT2D eigenvalue weighted by Gasteiger charge is -2.05. The molecule has 0 heterocycles. The molecule has 0 bridgehead atoms. The van der Waals surface area contributed by atoms with Crippen molar-refractivity contribution in [2.75, 3.05) is 0 Å². The van der Waals surface area contributed by atoms with E-state index in [0.29, 0.717) is 5.56 Å². The molecule has 0 saturated carbocycles. The van der Waals surface area contributed by atoms with Gasteiger partial charge in [0, 0.05) is 0 Å². The first kappa shape index (κ1) is 8.84. The van der Waals surface area contributed by atoms with Crippen LogP contribution in [-0.2, 0) is 6.18 Å². The third kappa shape index (κ3) is 1.87. The summed E-state index contributed by atoms with van der Waals surface area (Å²) in [4.78, 5) is 0. The molecule has 1 radical (unpaired) electrons. The number of halogens is 3. The first-order valence-corrected chi connectivity index (χ1v) is 3.25. The van der Waals surface area contributed by atoms with Crippen LogP contribution >= 0.6 is 0 Å². The minimum absolute atomic E-state index is 0.558. The summed E-state index contributed by atoms with van der Waals surface area (Å²) < 4.78 is 35.9. The lowest BCUT2D eigenvalue weighted by atomic mass is 10.1. The lowest BCUT2D eigenvalue weighted by molar-refractivity contribution is -0.137. The second-order valence-electron chi connectivity index (χ2n) is 2.23. The van der Waals surface area contributed by atoms with Gasteiger partial charge in [-0.15, -0.1) is 0 Å². The van der Waals surface area contributed by atoms with Gasteiger partial charge >= 0.3 is 6.18 Å². The molecule has 0 aromatic heterocycles. The summed E-state index contributed by atoms with van der Waals surface area (Å²) >= 11 is 0. The zero-order valence-electron chi connectivity index (χ0n) is 6.15. The number of hydrogen-bond acceptors (Lipinski definition) is 0. The Hall–Kier alpha value is -1.25. The monoisotopic (exact) mass is 171 g/mol. The van der Waals surface area contributed by atoms with E-state index in [9.17, 15) is 13.2 Å². The van der Waals surface area contributed by atoms with Gasteiger partial charge in [0.2, 0.25) is 0 Å². The van der Waals surface area contributed by atoms with Crippen molar-refractivity contribution in [1.29, 1.82) is 0 Å². The highest BCUT2D eigenvalue weighted by molar-refractivity contribution is 5.46. The minimum Gasteiger partial charge on any atom is -0.166 e. The van der Waals surface area contributed by atoms with Gasteiger partial charge in [-0.25, -0.2) is 0 Å². The predicted molar refractivity (Wildman–Crippen MR) is 40.4 cm³/mol. The van der Waals surface area contributed by atoms with Gasteiger partial charge in [-0.05, 0) is 23.8 Å². The van der Waals surface area contributed by atoms with Gasteiger partial charge in [-0.2, -0.15) is 13.2 Å². The highest BCUT2D eigenvalue weighted by atomic mass is 19.4. The van der Waals surface area contributed by atoms with Crippen LogP contribution in [0.2, 0.25) is 0 Å². The van der Waals surface area contributed by atoms with Gasteiger partial charge in [-0.3, -0.25) is 0 Å². The van der Waals surface area contributed by atoms with E-state index in [1.165, 1.54) is 12.1 Å². The normalized spacial score (nSPS) is 11.2. The number of alkyl halides is 3. The first-order chi connectivity index (χ1) is 5.54. The first-order valence-electron chi connectivity index (χ1n) is 3.25. The molecule has 0 aliphatic carbocycles. The summed E-state index contributed by atoms with van der Waals surface area (Å²) in [5.41, 5.74) is -0.129. The third-order valence-electron chi connectivity index (χ3n) is 1.38. The Morgan fingerprint density at radius 1 is 1.33 bits per heavy atom. The van der Waals surface area contributed by atoms with Crippen LogP contribution in [-0.4, -0.2) is 0 Å². The fourth-order valence-electron chi connectivity index (χ4n) is 0.740. The zero-order chi connectivity index (χ0) is 9.19. The molecule has 0 unspecified atom stereocenters. The molecule has 0 nitrogen and oxygen atoms in total. The summed E-state index contributed by atoms with van der Waals surface area (Å²) in [6.45, 7) is 3.41. The van der Waals surface area contributed by atoms with Crippen LogP contribution in [0.25, 0.3) is 6.08 Å². The molecule has 3 heteroatoms. The zero-order valence-corrected chi connectivity index (χ0v) is 6.15. The molecule has 0 amide bonds. The molecular formula is C9H6F3. The summed E-state index contributed by atoms with van der Waals surface area (Å²) in [5, 5.41) is 0. The Kier molecular flexibility index (Phi) is 2.22. The fraction of sp³-hybridized carbons (Fsp3) is 0.111. The number of rotatable bonds is 1. The Balaban J connectivity index is 3.00.